The summed E-state index contributed by atoms with van der Waals surface area (Å²) >= 11 is 0. The van der Waals surface area contributed by atoms with Gasteiger partial charge in [0.25, 0.3) is 5.91 Å². The van der Waals surface area contributed by atoms with Gasteiger partial charge >= 0.3 is 0 Å². The fourth-order valence-corrected chi connectivity index (χ4v) is 4.02. The number of likely N-dealkylation sites (tertiary alicyclic amines) is 1. The Balaban J connectivity index is 1.56. The van der Waals surface area contributed by atoms with Crippen molar-refractivity contribution in [1.82, 2.24) is 20.1 Å². The second kappa shape index (κ2) is 7.23. The van der Waals surface area contributed by atoms with Crippen LogP contribution in [0.5, 0.6) is 0 Å². The Hall–Kier alpha value is -2.54. The number of piperazine rings is 1. The topological polar surface area (TPSA) is 65.5 Å². The molecule has 0 radical (unpaired) electrons. The number of aromatic nitrogens is 1. The van der Waals surface area contributed by atoms with Gasteiger partial charge in [0.05, 0.1) is 23.3 Å². The van der Waals surface area contributed by atoms with Crippen LogP contribution < -0.4 is 5.32 Å². The van der Waals surface area contributed by atoms with Crippen molar-refractivity contribution in [2.24, 2.45) is 0 Å². The van der Waals surface area contributed by atoms with E-state index in [-0.39, 0.29) is 23.7 Å². The molecule has 0 bridgehead atoms. The van der Waals surface area contributed by atoms with Crippen LogP contribution in [0, 0.1) is 12.7 Å². The van der Waals surface area contributed by atoms with Crippen molar-refractivity contribution in [2.75, 3.05) is 32.7 Å². The number of rotatable bonds is 2. The Labute approximate surface area is 157 Å². The molecule has 1 aromatic carbocycles. The van der Waals surface area contributed by atoms with E-state index in [0.717, 1.165) is 24.8 Å². The highest BCUT2D eigenvalue weighted by Gasteiger charge is 2.32. The largest absolute Gasteiger partial charge is 0.337 e. The molecule has 2 aliphatic rings. The summed E-state index contributed by atoms with van der Waals surface area (Å²) in [4.78, 5) is 33.5. The van der Waals surface area contributed by atoms with E-state index in [1.54, 1.807) is 19.1 Å². The van der Waals surface area contributed by atoms with Crippen LogP contribution in [-0.2, 0) is 4.79 Å². The smallest absolute Gasteiger partial charge is 0.255 e. The lowest BCUT2D eigenvalue weighted by molar-refractivity contribution is -0.135. The van der Waals surface area contributed by atoms with Crippen LogP contribution in [0.1, 0.15) is 28.9 Å². The number of carbonyl (C=O) groups excluding carboxylic acids is 2. The van der Waals surface area contributed by atoms with E-state index in [1.165, 1.54) is 12.1 Å². The number of carbonyl (C=O) groups is 2. The van der Waals surface area contributed by atoms with Crippen molar-refractivity contribution >= 4 is 22.7 Å². The summed E-state index contributed by atoms with van der Waals surface area (Å²) in [6.45, 7) is 4.85. The van der Waals surface area contributed by atoms with Crippen molar-refractivity contribution < 1.29 is 14.0 Å². The van der Waals surface area contributed by atoms with E-state index in [4.69, 9.17) is 0 Å². The lowest BCUT2D eigenvalue weighted by atomic mass is 10.0. The third-order valence-electron chi connectivity index (χ3n) is 5.45. The Bertz CT molecular complexity index is 901. The molecule has 3 heterocycles. The molecule has 1 aromatic heterocycles. The summed E-state index contributed by atoms with van der Waals surface area (Å²) in [7, 11) is 0. The van der Waals surface area contributed by atoms with Crippen molar-refractivity contribution in [3.63, 3.8) is 0 Å². The van der Waals surface area contributed by atoms with Gasteiger partial charge in [-0.25, -0.2) is 4.39 Å². The number of nitrogens with one attached hydrogen (secondary N) is 1. The summed E-state index contributed by atoms with van der Waals surface area (Å²) < 4.78 is 13.4. The average Bonchev–Trinajstić information content (AvgIpc) is 2.67. The van der Waals surface area contributed by atoms with Crippen LogP contribution in [-0.4, -0.2) is 65.4 Å². The van der Waals surface area contributed by atoms with Crippen molar-refractivity contribution in [2.45, 2.75) is 25.8 Å². The third-order valence-corrected chi connectivity index (χ3v) is 5.45. The first kappa shape index (κ1) is 17.9. The molecule has 2 fully saturated rings. The van der Waals surface area contributed by atoms with Gasteiger partial charge < -0.3 is 15.1 Å². The van der Waals surface area contributed by atoms with Gasteiger partial charge in [-0.05, 0) is 38.0 Å². The maximum atomic E-state index is 13.4. The number of hydrogen-bond donors (Lipinski definition) is 1. The second-order valence-electron chi connectivity index (χ2n) is 7.27. The van der Waals surface area contributed by atoms with Gasteiger partial charge in [0.15, 0.2) is 0 Å². The Morgan fingerprint density at radius 1 is 1.30 bits per heavy atom. The molecule has 2 amide bonds. The van der Waals surface area contributed by atoms with Gasteiger partial charge in [-0.2, -0.15) is 0 Å². The number of nitrogens with zero attached hydrogens (tertiary/aromatic N) is 3. The summed E-state index contributed by atoms with van der Waals surface area (Å²) in [5, 5.41) is 3.83. The first-order chi connectivity index (χ1) is 13.0. The zero-order valence-corrected chi connectivity index (χ0v) is 15.4. The fourth-order valence-electron chi connectivity index (χ4n) is 4.02. The molecular weight excluding hydrogens is 347 g/mol. The molecule has 0 aliphatic carbocycles. The maximum absolute atomic E-state index is 13.4. The minimum absolute atomic E-state index is 0.0696. The number of benzene rings is 1. The normalized spacial score (nSPS) is 21.0. The highest BCUT2D eigenvalue weighted by Crippen LogP contribution is 2.22. The van der Waals surface area contributed by atoms with Gasteiger partial charge in [-0.1, -0.05) is 0 Å². The molecule has 4 rings (SSSR count). The molecule has 1 atom stereocenters. The first-order valence-corrected chi connectivity index (χ1v) is 9.39. The van der Waals surface area contributed by atoms with Gasteiger partial charge in [0.1, 0.15) is 5.82 Å². The van der Waals surface area contributed by atoms with E-state index in [1.807, 2.05) is 9.80 Å². The van der Waals surface area contributed by atoms with Crippen LogP contribution >= 0.6 is 0 Å². The molecule has 142 valence electrons. The van der Waals surface area contributed by atoms with E-state index in [9.17, 15) is 14.0 Å². The zero-order valence-electron chi connectivity index (χ0n) is 15.4. The standard InChI is InChI=1S/C20H23FN4O2/c1-13-17(9-14-4-5-15(21)10-18(14)23-13)20(27)24-7-2-3-16(12-24)25-8-6-22-11-19(25)26/h4-5,9-10,16,22H,2-3,6-8,11-12H2,1H3. The average molecular weight is 370 g/mol. The van der Waals surface area contributed by atoms with Crippen molar-refractivity contribution in [3.8, 4) is 0 Å². The molecule has 2 saturated heterocycles. The summed E-state index contributed by atoms with van der Waals surface area (Å²) in [5.41, 5.74) is 1.69. The minimum atomic E-state index is -0.340. The van der Waals surface area contributed by atoms with Crippen LogP contribution in [0.2, 0.25) is 0 Å². The SMILES string of the molecule is Cc1nc2cc(F)ccc2cc1C(=O)N1CCCC(N2CCNCC2=O)C1. The fraction of sp³-hybridized carbons (Fsp3) is 0.450. The summed E-state index contributed by atoms with van der Waals surface area (Å²) in [5.74, 6) is -0.308. The van der Waals surface area contributed by atoms with E-state index >= 15 is 0 Å². The number of amides is 2. The number of aryl methyl sites for hydroxylation is 1. The molecule has 0 spiro atoms. The van der Waals surface area contributed by atoms with Crippen molar-refractivity contribution in [3.05, 3.63) is 41.3 Å². The molecule has 1 N–H and O–H groups in total. The Morgan fingerprint density at radius 3 is 2.96 bits per heavy atom. The highest BCUT2D eigenvalue weighted by molar-refractivity contribution is 5.98. The Kier molecular flexibility index (Phi) is 4.78. The van der Waals surface area contributed by atoms with Crippen LogP contribution in [0.15, 0.2) is 24.3 Å². The monoisotopic (exact) mass is 370 g/mol. The number of halogens is 1. The van der Waals surface area contributed by atoms with Gasteiger partial charge in [-0.15, -0.1) is 0 Å². The zero-order chi connectivity index (χ0) is 19.0. The quantitative estimate of drug-likeness (QED) is 0.874. The molecule has 6 nitrogen and oxygen atoms in total. The second-order valence-corrected chi connectivity index (χ2v) is 7.27. The Morgan fingerprint density at radius 2 is 2.15 bits per heavy atom. The molecule has 7 heteroatoms. The number of fused-ring (bicyclic) bond motifs is 1. The van der Waals surface area contributed by atoms with Crippen LogP contribution in [0.4, 0.5) is 4.39 Å². The predicted octanol–water partition coefficient (Wildman–Crippen LogP) is 1.72. The first-order valence-electron chi connectivity index (χ1n) is 9.39. The minimum Gasteiger partial charge on any atom is -0.337 e. The maximum Gasteiger partial charge on any atom is 0.255 e. The van der Waals surface area contributed by atoms with Gasteiger partial charge in [-0.3, -0.25) is 14.6 Å². The number of piperidine rings is 1. The molecule has 27 heavy (non-hydrogen) atoms. The molecule has 2 aliphatic heterocycles. The lowest BCUT2D eigenvalue weighted by Gasteiger charge is -2.41. The van der Waals surface area contributed by atoms with Crippen LogP contribution in [0.25, 0.3) is 10.9 Å². The summed E-state index contributed by atoms with van der Waals surface area (Å²) in [6.07, 6.45) is 1.79. The molecule has 2 aromatic rings. The van der Waals surface area contributed by atoms with Crippen molar-refractivity contribution in [1.29, 1.82) is 0 Å². The highest BCUT2D eigenvalue weighted by atomic mass is 19.1. The molecule has 1 unspecified atom stereocenters. The lowest BCUT2D eigenvalue weighted by Crippen LogP contribution is -2.57. The van der Waals surface area contributed by atoms with E-state index in [2.05, 4.69) is 10.3 Å². The summed E-state index contributed by atoms with van der Waals surface area (Å²) in [6, 6.07) is 6.26. The number of pyridine rings is 1. The van der Waals surface area contributed by atoms with Crippen LogP contribution in [0.3, 0.4) is 0 Å². The van der Waals surface area contributed by atoms with Gasteiger partial charge in [0, 0.05) is 43.7 Å². The number of hydrogen-bond acceptors (Lipinski definition) is 4. The molecular formula is C20H23FN4O2. The molecule has 0 saturated carbocycles. The van der Waals surface area contributed by atoms with E-state index in [0.29, 0.717) is 43.0 Å². The van der Waals surface area contributed by atoms with E-state index < -0.39 is 0 Å². The third kappa shape index (κ3) is 3.51. The van der Waals surface area contributed by atoms with Gasteiger partial charge in [0.2, 0.25) is 5.91 Å². The predicted molar refractivity (Wildman–Crippen MR) is 99.9 cm³/mol.